The molecule has 0 saturated carbocycles. The summed E-state index contributed by atoms with van der Waals surface area (Å²) >= 11 is 3.42. The molecule has 0 amide bonds. The van der Waals surface area contributed by atoms with Gasteiger partial charge in [0.05, 0.1) is 0 Å². The normalized spacial score (nSPS) is 19.8. The molecule has 2 aromatic carbocycles. The molecular weight excluding hydrogens is 376 g/mol. The van der Waals surface area contributed by atoms with Gasteiger partial charge in [-0.05, 0) is 48.2 Å². The second kappa shape index (κ2) is 6.13. The summed E-state index contributed by atoms with van der Waals surface area (Å²) in [5.41, 5.74) is 1.90. The summed E-state index contributed by atoms with van der Waals surface area (Å²) in [4.78, 5) is 4.56. The molecule has 0 N–H and O–H groups in total. The standard InChI is InChI=1S/C19H14BrF2NO/c20-12-9-7-11(8-10-12)18-13-3-1-6-16(13)24-19(23-18)17-14(21)4-2-5-15(17)22/h2,4-5,7-10,18H,1,3,6H2. The van der Waals surface area contributed by atoms with Crippen LogP contribution in [0, 0.1) is 11.6 Å². The van der Waals surface area contributed by atoms with Gasteiger partial charge < -0.3 is 4.74 Å². The number of halogens is 3. The van der Waals surface area contributed by atoms with Crippen molar-refractivity contribution >= 4 is 21.8 Å². The number of aliphatic imine (C=N–C) groups is 1. The lowest BCUT2D eigenvalue weighted by Crippen LogP contribution is -2.18. The van der Waals surface area contributed by atoms with Gasteiger partial charge in [-0.2, -0.15) is 0 Å². The van der Waals surface area contributed by atoms with E-state index in [9.17, 15) is 8.78 Å². The molecule has 2 aliphatic rings. The molecule has 1 aliphatic carbocycles. The van der Waals surface area contributed by atoms with Gasteiger partial charge in [0.1, 0.15) is 29.0 Å². The van der Waals surface area contributed by atoms with Crippen molar-refractivity contribution in [3.05, 3.63) is 81.0 Å². The molecular formula is C19H14BrF2NO. The van der Waals surface area contributed by atoms with Gasteiger partial charge in [-0.1, -0.05) is 34.1 Å². The Labute approximate surface area is 147 Å². The van der Waals surface area contributed by atoms with E-state index in [-0.39, 0.29) is 17.5 Å². The van der Waals surface area contributed by atoms with Crippen molar-refractivity contribution < 1.29 is 13.5 Å². The van der Waals surface area contributed by atoms with Gasteiger partial charge in [-0.25, -0.2) is 13.8 Å². The Hall–Kier alpha value is -2.01. The molecule has 122 valence electrons. The second-order valence-electron chi connectivity index (χ2n) is 5.89. The maximum absolute atomic E-state index is 14.1. The third-order valence-corrected chi connectivity index (χ3v) is 4.90. The zero-order valence-electron chi connectivity index (χ0n) is 12.7. The minimum Gasteiger partial charge on any atom is -0.443 e. The van der Waals surface area contributed by atoms with E-state index in [4.69, 9.17) is 4.74 Å². The van der Waals surface area contributed by atoms with E-state index in [0.29, 0.717) is 0 Å². The Bertz CT molecular complexity index is 838. The first kappa shape index (κ1) is 15.5. The van der Waals surface area contributed by atoms with Crippen LogP contribution in [0.5, 0.6) is 0 Å². The van der Waals surface area contributed by atoms with Crippen molar-refractivity contribution in [2.45, 2.75) is 25.3 Å². The molecule has 5 heteroatoms. The third kappa shape index (κ3) is 2.67. The SMILES string of the molecule is Fc1cccc(F)c1C1=NC(c2ccc(Br)cc2)C2=C(CCC2)O1. The van der Waals surface area contributed by atoms with Crippen molar-refractivity contribution in [1.29, 1.82) is 0 Å². The third-order valence-electron chi connectivity index (χ3n) is 4.37. The van der Waals surface area contributed by atoms with Gasteiger partial charge in [-0.15, -0.1) is 0 Å². The first-order valence-corrected chi connectivity index (χ1v) is 8.60. The lowest BCUT2D eigenvalue weighted by atomic mass is 9.97. The summed E-state index contributed by atoms with van der Waals surface area (Å²) in [5, 5.41) is 0. The van der Waals surface area contributed by atoms with E-state index in [1.807, 2.05) is 24.3 Å². The van der Waals surface area contributed by atoms with Crippen molar-refractivity contribution in [1.82, 2.24) is 0 Å². The van der Waals surface area contributed by atoms with Gasteiger partial charge in [0.2, 0.25) is 5.90 Å². The predicted molar refractivity (Wildman–Crippen MR) is 91.7 cm³/mol. The number of hydrogen-bond acceptors (Lipinski definition) is 2. The highest BCUT2D eigenvalue weighted by Gasteiger charge is 2.32. The number of allylic oxidation sites excluding steroid dienone is 1. The monoisotopic (exact) mass is 389 g/mol. The lowest BCUT2D eigenvalue weighted by molar-refractivity contribution is 0.374. The maximum Gasteiger partial charge on any atom is 0.228 e. The van der Waals surface area contributed by atoms with E-state index >= 15 is 0 Å². The largest absolute Gasteiger partial charge is 0.443 e. The molecule has 0 radical (unpaired) electrons. The summed E-state index contributed by atoms with van der Waals surface area (Å²) in [6.45, 7) is 0. The minimum atomic E-state index is -0.662. The Balaban J connectivity index is 1.82. The van der Waals surface area contributed by atoms with Crippen molar-refractivity contribution in [3.63, 3.8) is 0 Å². The zero-order valence-corrected chi connectivity index (χ0v) is 14.3. The number of benzene rings is 2. The highest BCUT2D eigenvalue weighted by Crippen LogP contribution is 2.42. The Morgan fingerprint density at radius 2 is 1.71 bits per heavy atom. The van der Waals surface area contributed by atoms with Gasteiger partial charge in [0.25, 0.3) is 0 Å². The van der Waals surface area contributed by atoms with Crippen LogP contribution >= 0.6 is 15.9 Å². The average molecular weight is 390 g/mol. The predicted octanol–water partition coefficient (Wildman–Crippen LogP) is 5.68. The molecule has 4 rings (SSSR count). The number of ether oxygens (including phenoxy) is 1. The van der Waals surface area contributed by atoms with Gasteiger partial charge in [-0.3, -0.25) is 0 Å². The van der Waals surface area contributed by atoms with E-state index in [1.54, 1.807) is 0 Å². The van der Waals surface area contributed by atoms with Crippen LogP contribution in [-0.4, -0.2) is 5.90 Å². The Morgan fingerprint density at radius 3 is 2.42 bits per heavy atom. The molecule has 1 atom stereocenters. The number of hydrogen-bond donors (Lipinski definition) is 0. The molecule has 2 nitrogen and oxygen atoms in total. The molecule has 0 spiro atoms. The molecule has 0 aromatic heterocycles. The van der Waals surface area contributed by atoms with Crippen LogP contribution in [0.2, 0.25) is 0 Å². The van der Waals surface area contributed by atoms with Crippen LogP contribution in [0.25, 0.3) is 0 Å². The molecule has 1 aliphatic heterocycles. The first-order valence-electron chi connectivity index (χ1n) is 7.81. The fourth-order valence-electron chi connectivity index (χ4n) is 3.22. The minimum absolute atomic E-state index is 0.0270. The summed E-state index contributed by atoms with van der Waals surface area (Å²) in [6, 6.07) is 11.4. The van der Waals surface area contributed by atoms with Crippen LogP contribution in [-0.2, 0) is 4.74 Å². The average Bonchev–Trinajstić information content (AvgIpc) is 3.03. The van der Waals surface area contributed by atoms with Crippen LogP contribution in [0.4, 0.5) is 8.78 Å². The van der Waals surface area contributed by atoms with Crippen molar-refractivity contribution in [3.8, 4) is 0 Å². The van der Waals surface area contributed by atoms with E-state index < -0.39 is 11.6 Å². The quantitative estimate of drug-likeness (QED) is 0.646. The number of rotatable bonds is 2. The van der Waals surface area contributed by atoms with E-state index in [0.717, 1.165) is 40.6 Å². The fraction of sp³-hybridized carbons (Fsp3) is 0.211. The highest BCUT2D eigenvalue weighted by atomic mass is 79.9. The summed E-state index contributed by atoms with van der Waals surface area (Å²) in [7, 11) is 0. The van der Waals surface area contributed by atoms with Crippen LogP contribution in [0.1, 0.15) is 36.4 Å². The van der Waals surface area contributed by atoms with Crippen LogP contribution in [0.3, 0.4) is 0 Å². The Morgan fingerprint density at radius 1 is 1.00 bits per heavy atom. The summed E-state index contributed by atoms with van der Waals surface area (Å²) in [5.74, 6) is -0.495. The van der Waals surface area contributed by atoms with E-state index in [2.05, 4.69) is 20.9 Å². The van der Waals surface area contributed by atoms with Gasteiger partial charge in [0, 0.05) is 10.9 Å². The smallest absolute Gasteiger partial charge is 0.228 e. The molecule has 0 saturated heterocycles. The second-order valence-corrected chi connectivity index (χ2v) is 6.80. The van der Waals surface area contributed by atoms with Gasteiger partial charge >= 0.3 is 0 Å². The Kier molecular flexibility index (Phi) is 3.96. The summed E-state index contributed by atoms with van der Waals surface area (Å²) < 4.78 is 35.0. The number of nitrogens with zero attached hydrogens (tertiary/aromatic N) is 1. The van der Waals surface area contributed by atoms with Crippen LogP contribution in [0.15, 0.2) is 63.3 Å². The molecule has 0 fully saturated rings. The zero-order chi connectivity index (χ0) is 16.7. The topological polar surface area (TPSA) is 21.6 Å². The first-order chi connectivity index (χ1) is 11.6. The lowest BCUT2D eigenvalue weighted by Gasteiger charge is -2.24. The molecule has 0 bridgehead atoms. The van der Waals surface area contributed by atoms with Gasteiger partial charge in [0.15, 0.2) is 0 Å². The van der Waals surface area contributed by atoms with Crippen LogP contribution < -0.4 is 0 Å². The summed E-state index contributed by atoms with van der Waals surface area (Å²) in [6.07, 6.45) is 2.64. The van der Waals surface area contributed by atoms with E-state index in [1.165, 1.54) is 18.2 Å². The van der Waals surface area contributed by atoms with Crippen molar-refractivity contribution in [2.24, 2.45) is 4.99 Å². The fourth-order valence-corrected chi connectivity index (χ4v) is 3.49. The molecule has 24 heavy (non-hydrogen) atoms. The molecule has 2 aromatic rings. The van der Waals surface area contributed by atoms with Crippen molar-refractivity contribution in [2.75, 3.05) is 0 Å². The maximum atomic E-state index is 14.1. The molecule has 1 heterocycles. The highest BCUT2D eigenvalue weighted by molar-refractivity contribution is 9.10. The molecule has 1 unspecified atom stereocenters.